The van der Waals surface area contributed by atoms with Crippen molar-refractivity contribution >= 4 is 39.5 Å². The number of hydrogen-bond acceptors (Lipinski definition) is 7. The van der Waals surface area contributed by atoms with E-state index in [1.807, 2.05) is 19.2 Å². The molecule has 0 radical (unpaired) electrons. The van der Waals surface area contributed by atoms with Gasteiger partial charge in [0.05, 0.1) is 26.8 Å². The molecule has 1 amide bonds. The highest BCUT2D eigenvalue weighted by Crippen LogP contribution is 2.41. The summed E-state index contributed by atoms with van der Waals surface area (Å²) < 4.78 is 41.0. The van der Waals surface area contributed by atoms with Crippen molar-refractivity contribution in [1.29, 1.82) is 0 Å². The molecule has 3 aromatic rings. The monoisotopic (exact) mass is 481 g/mol. The Kier molecular flexibility index (Phi) is 6.22. The van der Waals surface area contributed by atoms with Gasteiger partial charge >= 0.3 is 6.18 Å². The first kappa shape index (κ1) is 22.7. The number of nitrogens with zero attached hydrogens (tertiary/aromatic N) is 3. The van der Waals surface area contributed by atoms with Gasteiger partial charge in [0.25, 0.3) is 5.91 Å². The Hall–Kier alpha value is -2.53. The molecule has 0 spiro atoms. The second-order valence-corrected chi connectivity index (χ2v) is 9.90. The Balaban J connectivity index is 1.44. The zero-order valence-corrected chi connectivity index (χ0v) is 19.2. The zero-order valence-electron chi connectivity index (χ0n) is 17.5. The van der Waals surface area contributed by atoms with Gasteiger partial charge in [0.1, 0.15) is 11.4 Å². The van der Waals surface area contributed by atoms with E-state index < -0.39 is 17.6 Å². The van der Waals surface area contributed by atoms with E-state index >= 15 is 0 Å². The molecule has 6 nitrogen and oxygen atoms in total. The summed E-state index contributed by atoms with van der Waals surface area (Å²) in [5, 5.41) is 8.82. The lowest BCUT2D eigenvalue weighted by Gasteiger charge is -2.39. The van der Waals surface area contributed by atoms with Crippen LogP contribution in [0.25, 0.3) is 10.6 Å². The van der Waals surface area contributed by atoms with Crippen LogP contribution in [0, 0.1) is 13.8 Å². The Morgan fingerprint density at radius 3 is 2.47 bits per heavy atom. The van der Waals surface area contributed by atoms with Crippen molar-refractivity contribution in [3.05, 3.63) is 40.0 Å². The van der Waals surface area contributed by atoms with Gasteiger partial charge in [-0.1, -0.05) is 19.3 Å². The van der Waals surface area contributed by atoms with E-state index in [0.717, 1.165) is 27.7 Å². The standard InChI is InChI=1S/C21H22F3N5OS2/c1-12-17(32-13(2)26-12)15-11-31-19(27-15)28-16-7-6-14(10-25-16)18(30)29-20(21(22,23)24)8-4-3-5-9-20/h6-7,10-11H,3-5,8-9H2,1-2H3,(H,29,30)(H,25,27,28). The van der Waals surface area contributed by atoms with E-state index in [0.29, 0.717) is 23.8 Å². The molecular formula is C21H22F3N5OS2. The minimum absolute atomic E-state index is 0.0836. The number of carbonyl (C=O) groups excluding carboxylic acids is 1. The van der Waals surface area contributed by atoms with Crippen molar-refractivity contribution in [2.75, 3.05) is 5.32 Å². The van der Waals surface area contributed by atoms with Crippen LogP contribution in [0.1, 0.15) is 53.2 Å². The summed E-state index contributed by atoms with van der Waals surface area (Å²) in [7, 11) is 0. The molecule has 0 atom stereocenters. The van der Waals surface area contributed by atoms with Gasteiger partial charge in [0, 0.05) is 11.6 Å². The average Bonchev–Trinajstić information content (AvgIpc) is 3.33. The second kappa shape index (κ2) is 8.78. The Morgan fingerprint density at radius 1 is 1.12 bits per heavy atom. The molecule has 0 saturated heterocycles. The molecule has 0 aliphatic heterocycles. The maximum atomic E-state index is 13.7. The van der Waals surface area contributed by atoms with Gasteiger partial charge in [-0.05, 0) is 38.8 Å². The topological polar surface area (TPSA) is 79.8 Å². The average molecular weight is 482 g/mol. The molecule has 3 aromatic heterocycles. The molecule has 4 rings (SSSR count). The number of anilines is 2. The van der Waals surface area contributed by atoms with Crippen molar-refractivity contribution in [1.82, 2.24) is 20.3 Å². The van der Waals surface area contributed by atoms with Crippen LogP contribution in [0.2, 0.25) is 0 Å². The number of amides is 1. The van der Waals surface area contributed by atoms with Crippen LogP contribution in [0.5, 0.6) is 0 Å². The predicted molar refractivity (Wildman–Crippen MR) is 120 cm³/mol. The van der Waals surface area contributed by atoms with Crippen LogP contribution >= 0.6 is 22.7 Å². The molecule has 1 aliphatic rings. The summed E-state index contributed by atoms with van der Waals surface area (Å²) in [6.07, 6.45) is -1.78. The molecule has 0 bridgehead atoms. The third-order valence-electron chi connectivity index (χ3n) is 5.50. The third-order valence-corrected chi connectivity index (χ3v) is 7.36. The first-order chi connectivity index (χ1) is 15.2. The number of nitrogens with one attached hydrogen (secondary N) is 2. The number of thiazole rings is 2. The number of alkyl halides is 3. The molecular weight excluding hydrogens is 459 g/mol. The maximum absolute atomic E-state index is 13.7. The van der Waals surface area contributed by atoms with Gasteiger partial charge in [0.15, 0.2) is 5.13 Å². The van der Waals surface area contributed by atoms with Crippen LogP contribution < -0.4 is 10.6 Å². The molecule has 11 heteroatoms. The van der Waals surface area contributed by atoms with E-state index in [9.17, 15) is 18.0 Å². The fraction of sp³-hybridized carbons (Fsp3) is 0.429. The SMILES string of the molecule is Cc1nc(C)c(-c2csc(Nc3ccc(C(=O)NC4(C(F)(F)F)CCCCC4)cn3)n2)s1. The molecule has 3 heterocycles. The van der Waals surface area contributed by atoms with Crippen molar-refractivity contribution in [3.63, 3.8) is 0 Å². The highest BCUT2D eigenvalue weighted by atomic mass is 32.1. The molecule has 0 aromatic carbocycles. The van der Waals surface area contributed by atoms with Crippen molar-refractivity contribution in [2.45, 2.75) is 57.7 Å². The number of hydrogen-bond donors (Lipinski definition) is 2. The highest BCUT2D eigenvalue weighted by molar-refractivity contribution is 7.16. The Labute approximate surface area is 191 Å². The predicted octanol–water partition coefficient (Wildman–Crippen LogP) is 6.02. The smallest absolute Gasteiger partial charge is 0.338 e. The van der Waals surface area contributed by atoms with E-state index in [2.05, 4.69) is 25.6 Å². The third kappa shape index (κ3) is 4.63. The summed E-state index contributed by atoms with van der Waals surface area (Å²) in [6, 6.07) is 3.02. The van der Waals surface area contributed by atoms with Crippen molar-refractivity contribution < 1.29 is 18.0 Å². The Bertz CT molecular complexity index is 1100. The van der Waals surface area contributed by atoms with Gasteiger partial charge in [-0.25, -0.2) is 15.0 Å². The number of aryl methyl sites for hydroxylation is 2. The molecule has 170 valence electrons. The summed E-state index contributed by atoms with van der Waals surface area (Å²) in [5.41, 5.74) is -0.335. The lowest BCUT2D eigenvalue weighted by Crippen LogP contribution is -2.59. The van der Waals surface area contributed by atoms with Crippen molar-refractivity contribution in [3.8, 4) is 10.6 Å². The fourth-order valence-corrected chi connectivity index (χ4v) is 5.50. The van der Waals surface area contributed by atoms with E-state index in [1.165, 1.54) is 23.6 Å². The number of rotatable bonds is 5. The summed E-state index contributed by atoms with van der Waals surface area (Å²) in [4.78, 5) is 26.7. The summed E-state index contributed by atoms with van der Waals surface area (Å²) >= 11 is 2.98. The maximum Gasteiger partial charge on any atom is 0.411 e. The van der Waals surface area contributed by atoms with E-state index in [1.54, 1.807) is 17.4 Å². The van der Waals surface area contributed by atoms with Crippen molar-refractivity contribution in [2.24, 2.45) is 0 Å². The molecule has 1 fully saturated rings. The van der Waals surface area contributed by atoms with Crippen LogP contribution in [-0.2, 0) is 0 Å². The highest BCUT2D eigenvalue weighted by Gasteiger charge is 2.55. The quantitative estimate of drug-likeness (QED) is 0.466. The normalized spacial score (nSPS) is 16.0. The van der Waals surface area contributed by atoms with E-state index in [-0.39, 0.29) is 18.4 Å². The molecule has 2 N–H and O–H groups in total. The zero-order chi connectivity index (χ0) is 22.9. The van der Waals surface area contributed by atoms with Gasteiger partial charge in [-0.2, -0.15) is 13.2 Å². The Morgan fingerprint density at radius 2 is 1.88 bits per heavy atom. The largest absolute Gasteiger partial charge is 0.411 e. The molecule has 1 aliphatic carbocycles. The van der Waals surface area contributed by atoms with Gasteiger partial charge in [0.2, 0.25) is 0 Å². The van der Waals surface area contributed by atoms with Gasteiger partial charge in [-0.15, -0.1) is 22.7 Å². The number of halogens is 3. The van der Waals surface area contributed by atoms with Crippen LogP contribution in [0.3, 0.4) is 0 Å². The summed E-state index contributed by atoms with van der Waals surface area (Å²) in [6.45, 7) is 3.88. The van der Waals surface area contributed by atoms with Gasteiger partial charge < -0.3 is 10.6 Å². The van der Waals surface area contributed by atoms with Crippen LogP contribution in [0.4, 0.5) is 24.1 Å². The molecule has 32 heavy (non-hydrogen) atoms. The number of carbonyl (C=O) groups is 1. The lowest BCUT2D eigenvalue weighted by atomic mass is 9.81. The van der Waals surface area contributed by atoms with E-state index in [4.69, 9.17) is 0 Å². The minimum atomic E-state index is -4.49. The summed E-state index contributed by atoms with van der Waals surface area (Å²) in [5.74, 6) is -0.321. The molecule has 0 unspecified atom stereocenters. The first-order valence-electron chi connectivity index (χ1n) is 10.2. The fourth-order valence-electron chi connectivity index (χ4n) is 3.84. The van der Waals surface area contributed by atoms with Gasteiger partial charge in [-0.3, -0.25) is 4.79 Å². The lowest BCUT2D eigenvalue weighted by molar-refractivity contribution is -0.201. The van der Waals surface area contributed by atoms with Crippen LogP contribution in [0.15, 0.2) is 23.7 Å². The number of pyridine rings is 1. The minimum Gasteiger partial charge on any atom is -0.338 e. The second-order valence-electron chi connectivity index (χ2n) is 7.84. The molecule has 1 saturated carbocycles. The first-order valence-corrected chi connectivity index (χ1v) is 11.9. The van der Waals surface area contributed by atoms with Crippen LogP contribution in [-0.4, -0.2) is 32.6 Å². The number of aromatic nitrogens is 3.